The van der Waals surface area contributed by atoms with Gasteiger partial charge in [-0.1, -0.05) is 36.8 Å². The fourth-order valence-corrected chi connectivity index (χ4v) is 3.58. The van der Waals surface area contributed by atoms with Crippen LogP contribution in [0.15, 0.2) is 30.3 Å². The minimum absolute atomic E-state index is 0. The van der Waals surface area contributed by atoms with E-state index < -0.39 is 0 Å². The van der Waals surface area contributed by atoms with E-state index in [0.29, 0.717) is 0 Å². The second-order valence-electron chi connectivity index (χ2n) is 6.41. The quantitative estimate of drug-likeness (QED) is 0.901. The minimum atomic E-state index is -0.111. The van der Waals surface area contributed by atoms with Gasteiger partial charge < -0.3 is 11.1 Å². The molecule has 2 saturated carbocycles. The molecule has 2 atom stereocenters. The average Bonchev–Trinajstić information content (AvgIpc) is 2.43. The van der Waals surface area contributed by atoms with Crippen molar-refractivity contribution in [1.29, 1.82) is 0 Å². The lowest BCUT2D eigenvalue weighted by molar-refractivity contribution is -0.129. The predicted molar refractivity (Wildman–Crippen MR) is 87.3 cm³/mol. The van der Waals surface area contributed by atoms with Crippen LogP contribution in [0.2, 0.25) is 0 Å². The molecule has 116 valence electrons. The molecule has 21 heavy (non-hydrogen) atoms. The highest BCUT2D eigenvalue weighted by molar-refractivity contribution is 5.85. The molecule has 3 nitrogen and oxygen atoms in total. The van der Waals surface area contributed by atoms with Crippen molar-refractivity contribution < 1.29 is 4.79 Å². The Kier molecular flexibility index (Phi) is 5.28. The Morgan fingerprint density at radius 3 is 2.43 bits per heavy atom. The number of carbonyl (C=O) groups is 1. The van der Waals surface area contributed by atoms with E-state index in [0.717, 1.165) is 38.5 Å². The molecule has 3 N–H and O–H groups in total. The fraction of sp³-hybridized carbons (Fsp3) is 0.588. The zero-order valence-electron chi connectivity index (χ0n) is 12.4. The van der Waals surface area contributed by atoms with E-state index in [1.807, 2.05) is 6.07 Å². The number of halogens is 1. The Labute approximate surface area is 133 Å². The van der Waals surface area contributed by atoms with Crippen LogP contribution in [0.4, 0.5) is 0 Å². The van der Waals surface area contributed by atoms with Crippen LogP contribution in [-0.2, 0) is 10.3 Å². The minimum Gasteiger partial charge on any atom is -0.346 e. The lowest BCUT2D eigenvalue weighted by Gasteiger charge is -2.44. The SMILES string of the molecule is Cl.NC1CCCC(C(=O)NC2(c3ccccc3)CCC2)C1. The Bertz CT molecular complexity index is 473. The molecule has 0 bridgehead atoms. The lowest BCUT2D eigenvalue weighted by atomic mass is 9.71. The van der Waals surface area contributed by atoms with Gasteiger partial charge in [0, 0.05) is 12.0 Å². The normalized spacial score (nSPS) is 27.1. The van der Waals surface area contributed by atoms with Crippen molar-refractivity contribution in [1.82, 2.24) is 5.32 Å². The highest BCUT2D eigenvalue weighted by atomic mass is 35.5. The highest BCUT2D eigenvalue weighted by Crippen LogP contribution is 2.41. The van der Waals surface area contributed by atoms with Crippen LogP contribution in [0, 0.1) is 5.92 Å². The Morgan fingerprint density at radius 2 is 1.86 bits per heavy atom. The first-order valence-electron chi connectivity index (χ1n) is 7.83. The summed E-state index contributed by atoms with van der Waals surface area (Å²) < 4.78 is 0. The monoisotopic (exact) mass is 308 g/mol. The summed E-state index contributed by atoms with van der Waals surface area (Å²) in [6.45, 7) is 0. The molecule has 2 fully saturated rings. The van der Waals surface area contributed by atoms with Crippen LogP contribution in [0.1, 0.15) is 50.5 Å². The number of benzene rings is 1. The summed E-state index contributed by atoms with van der Waals surface area (Å²) in [5, 5.41) is 3.34. The van der Waals surface area contributed by atoms with Gasteiger partial charge in [0.1, 0.15) is 0 Å². The van der Waals surface area contributed by atoms with E-state index in [-0.39, 0.29) is 35.8 Å². The summed E-state index contributed by atoms with van der Waals surface area (Å²) >= 11 is 0. The average molecular weight is 309 g/mol. The van der Waals surface area contributed by atoms with Gasteiger partial charge in [0.2, 0.25) is 5.91 Å². The van der Waals surface area contributed by atoms with Crippen molar-refractivity contribution in [3.8, 4) is 0 Å². The van der Waals surface area contributed by atoms with Crippen molar-refractivity contribution in [3.63, 3.8) is 0 Å². The van der Waals surface area contributed by atoms with Gasteiger partial charge in [0.05, 0.1) is 5.54 Å². The summed E-state index contributed by atoms with van der Waals surface area (Å²) in [7, 11) is 0. The van der Waals surface area contributed by atoms with Gasteiger partial charge in [-0.25, -0.2) is 0 Å². The number of nitrogens with one attached hydrogen (secondary N) is 1. The molecule has 1 aromatic rings. The van der Waals surface area contributed by atoms with Crippen LogP contribution in [0.5, 0.6) is 0 Å². The zero-order chi connectivity index (χ0) is 14.0. The summed E-state index contributed by atoms with van der Waals surface area (Å²) in [6, 6.07) is 10.6. The third-order valence-electron chi connectivity index (χ3n) is 4.98. The van der Waals surface area contributed by atoms with E-state index in [1.54, 1.807) is 0 Å². The summed E-state index contributed by atoms with van der Waals surface area (Å²) in [5.74, 6) is 0.323. The van der Waals surface area contributed by atoms with E-state index in [9.17, 15) is 4.79 Å². The molecule has 0 saturated heterocycles. The zero-order valence-corrected chi connectivity index (χ0v) is 13.2. The van der Waals surface area contributed by atoms with Crippen molar-refractivity contribution in [2.75, 3.05) is 0 Å². The summed E-state index contributed by atoms with van der Waals surface area (Å²) in [5.41, 5.74) is 7.14. The van der Waals surface area contributed by atoms with Gasteiger partial charge in [0.15, 0.2) is 0 Å². The molecule has 2 aliphatic rings. The van der Waals surface area contributed by atoms with Gasteiger partial charge in [0.25, 0.3) is 0 Å². The molecule has 3 rings (SSSR count). The number of rotatable bonds is 3. The molecule has 0 aromatic heterocycles. The van der Waals surface area contributed by atoms with Gasteiger partial charge in [-0.2, -0.15) is 0 Å². The maximum Gasteiger partial charge on any atom is 0.223 e. The number of hydrogen-bond acceptors (Lipinski definition) is 2. The topological polar surface area (TPSA) is 55.1 Å². The molecule has 0 aliphatic heterocycles. The van der Waals surface area contributed by atoms with Crippen molar-refractivity contribution in [3.05, 3.63) is 35.9 Å². The molecule has 2 unspecified atom stereocenters. The predicted octanol–water partition coefficient (Wildman–Crippen LogP) is 3.12. The molecule has 0 radical (unpaired) electrons. The van der Waals surface area contributed by atoms with Crippen molar-refractivity contribution in [2.24, 2.45) is 11.7 Å². The third-order valence-corrected chi connectivity index (χ3v) is 4.98. The molecule has 2 aliphatic carbocycles. The smallest absolute Gasteiger partial charge is 0.223 e. The summed E-state index contributed by atoms with van der Waals surface area (Å²) in [4.78, 5) is 12.6. The van der Waals surface area contributed by atoms with E-state index in [4.69, 9.17) is 5.73 Å². The molecular weight excluding hydrogens is 284 g/mol. The van der Waals surface area contributed by atoms with E-state index in [1.165, 1.54) is 12.0 Å². The molecule has 0 spiro atoms. The van der Waals surface area contributed by atoms with Gasteiger partial charge >= 0.3 is 0 Å². The van der Waals surface area contributed by atoms with E-state index in [2.05, 4.69) is 29.6 Å². The fourth-order valence-electron chi connectivity index (χ4n) is 3.58. The number of amides is 1. The van der Waals surface area contributed by atoms with Gasteiger partial charge in [-0.15, -0.1) is 12.4 Å². The van der Waals surface area contributed by atoms with Crippen molar-refractivity contribution in [2.45, 2.75) is 56.5 Å². The standard InChI is InChI=1S/C17H24N2O.ClH/c18-15-9-4-6-13(12-15)16(20)19-17(10-5-11-17)14-7-2-1-3-8-14;/h1-3,7-8,13,15H,4-6,9-12,18H2,(H,19,20);1H. The molecule has 1 aromatic carbocycles. The molecule has 1 amide bonds. The van der Waals surface area contributed by atoms with Crippen LogP contribution in [-0.4, -0.2) is 11.9 Å². The molecular formula is C17H25ClN2O. The van der Waals surface area contributed by atoms with E-state index >= 15 is 0 Å². The number of hydrogen-bond donors (Lipinski definition) is 2. The lowest BCUT2D eigenvalue weighted by Crippen LogP contribution is -2.53. The van der Waals surface area contributed by atoms with Crippen LogP contribution in [0.3, 0.4) is 0 Å². The molecule has 4 heteroatoms. The Hall–Kier alpha value is -1.06. The van der Waals surface area contributed by atoms with Gasteiger partial charge in [-0.3, -0.25) is 4.79 Å². The van der Waals surface area contributed by atoms with Crippen molar-refractivity contribution >= 4 is 18.3 Å². The molecule has 0 heterocycles. The van der Waals surface area contributed by atoms with Crippen LogP contribution in [0.25, 0.3) is 0 Å². The maximum absolute atomic E-state index is 12.6. The Morgan fingerprint density at radius 1 is 1.14 bits per heavy atom. The second kappa shape index (κ2) is 6.80. The van der Waals surface area contributed by atoms with Crippen LogP contribution < -0.4 is 11.1 Å². The van der Waals surface area contributed by atoms with Crippen LogP contribution >= 0.6 is 12.4 Å². The second-order valence-corrected chi connectivity index (χ2v) is 6.41. The number of nitrogens with two attached hydrogens (primary N) is 1. The first-order valence-corrected chi connectivity index (χ1v) is 7.83. The highest BCUT2D eigenvalue weighted by Gasteiger charge is 2.41. The third kappa shape index (κ3) is 3.41. The summed E-state index contributed by atoms with van der Waals surface area (Å²) in [6.07, 6.45) is 7.29. The number of carbonyl (C=O) groups excluding carboxylic acids is 1. The maximum atomic E-state index is 12.6. The van der Waals surface area contributed by atoms with Gasteiger partial charge in [-0.05, 0) is 44.1 Å². The first kappa shape index (κ1) is 16.3. The first-order chi connectivity index (χ1) is 9.70. The largest absolute Gasteiger partial charge is 0.346 e. The Balaban J connectivity index is 0.00000161.